The summed E-state index contributed by atoms with van der Waals surface area (Å²) in [5, 5.41) is 2.95. The van der Waals surface area contributed by atoms with Crippen LogP contribution in [0.4, 0.5) is 0 Å². The van der Waals surface area contributed by atoms with E-state index in [4.69, 9.17) is 0 Å². The molecule has 0 spiro atoms. The predicted octanol–water partition coefficient (Wildman–Crippen LogP) is -0.410. The summed E-state index contributed by atoms with van der Waals surface area (Å²) in [7, 11) is 2.63. The fourth-order valence-electron chi connectivity index (χ4n) is 1.48. The molecule has 14 heavy (non-hydrogen) atoms. The van der Waals surface area contributed by atoms with Crippen molar-refractivity contribution in [2.45, 2.75) is 0 Å². The molecule has 0 amide bonds. The second kappa shape index (κ2) is 5.82. The summed E-state index contributed by atoms with van der Waals surface area (Å²) in [5.74, 6) is -1.53. The van der Waals surface area contributed by atoms with Crippen LogP contribution in [0, 0.1) is 11.8 Å². The Morgan fingerprint density at radius 1 is 1.07 bits per heavy atom. The Bertz CT molecular complexity index is 199. The first-order valence-corrected chi connectivity index (χ1v) is 4.07. The van der Waals surface area contributed by atoms with Gasteiger partial charge in [0.05, 0.1) is 26.1 Å². The molecule has 1 saturated heterocycles. The van der Waals surface area contributed by atoms with Gasteiger partial charge in [-0.1, -0.05) is 0 Å². The molecule has 6 heteroatoms. The van der Waals surface area contributed by atoms with Gasteiger partial charge in [0.15, 0.2) is 0 Å². The first-order chi connectivity index (χ1) is 6.20. The number of halogens is 1. The molecular weight excluding hydrogens is 210 g/mol. The lowest BCUT2D eigenvalue weighted by Gasteiger charge is -2.13. The molecule has 1 fully saturated rings. The molecule has 0 aromatic heterocycles. The highest BCUT2D eigenvalue weighted by Crippen LogP contribution is 2.19. The first kappa shape index (κ1) is 13.2. The van der Waals surface area contributed by atoms with Gasteiger partial charge < -0.3 is 14.8 Å². The van der Waals surface area contributed by atoms with E-state index in [2.05, 4.69) is 14.8 Å². The molecule has 82 valence electrons. The number of ether oxygens (including phenoxy) is 2. The maximum Gasteiger partial charge on any atom is 0.310 e. The summed E-state index contributed by atoms with van der Waals surface area (Å²) in [6.45, 7) is 0.957. The highest BCUT2D eigenvalue weighted by molar-refractivity contribution is 5.85. The Morgan fingerprint density at radius 2 is 1.43 bits per heavy atom. The second-order valence-electron chi connectivity index (χ2n) is 2.92. The fraction of sp³-hybridized carbons (Fsp3) is 0.750. The van der Waals surface area contributed by atoms with E-state index in [9.17, 15) is 9.59 Å². The minimum absolute atomic E-state index is 0. The molecule has 0 radical (unpaired) electrons. The number of rotatable bonds is 2. The summed E-state index contributed by atoms with van der Waals surface area (Å²) >= 11 is 0. The summed E-state index contributed by atoms with van der Waals surface area (Å²) < 4.78 is 9.14. The lowest BCUT2D eigenvalue weighted by molar-refractivity contribution is -0.155. The normalized spacial score (nSPS) is 25.0. The third-order valence-corrected chi connectivity index (χ3v) is 2.22. The molecule has 0 aromatic carbocycles. The van der Waals surface area contributed by atoms with Gasteiger partial charge in [0, 0.05) is 13.1 Å². The average Bonchev–Trinajstić information content (AvgIpc) is 2.63. The van der Waals surface area contributed by atoms with Crippen molar-refractivity contribution in [1.82, 2.24) is 5.32 Å². The average molecular weight is 224 g/mol. The Hall–Kier alpha value is -0.810. The quantitative estimate of drug-likeness (QED) is 0.645. The lowest BCUT2D eigenvalue weighted by atomic mass is 9.96. The third kappa shape index (κ3) is 2.59. The molecular formula is C8H14ClNO4. The van der Waals surface area contributed by atoms with E-state index >= 15 is 0 Å². The topological polar surface area (TPSA) is 64.6 Å². The van der Waals surface area contributed by atoms with Crippen molar-refractivity contribution in [3.63, 3.8) is 0 Å². The maximum atomic E-state index is 11.2. The standard InChI is InChI=1S/C8H13NO4.ClH/c1-12-7(10)5-3-9-4-6(5)8(11)13-2;/h5-6,9H,3-4H2,1-2H3;1H/t5-,6+;. The number of hydrogen-bond donors (Lipinski definition) is 1. The molecule has 0 aliphatic carbocycles. The Balaban J connectivity index is 0.00000169. The molecule has 0 unspecified atom stereocenters. The van der Waals surface area contributed by atoms with E-state index in [0.29, 0.717) is 13.1 Å². The van der Waals surface area contributed by atoms with Crippen molar-refractivity contribution in [3.8, 4) is 0 Å². The summed E-state index contributed by atoms with van der Waals surface area (Å²) in [6.07, 6.45) is 0. The van der Waals surface area contributed by atoms with Crippen LogP contribution in [-0.2, 0) is 19.1 Å². The van der Waals surface area contributed by atoms with Crippen LogP contribution in [0.2, 0.25) is 0 Å². The maximum absolute atomic E-state index is 11.2. The third-order valence-electron chi connectivity index (χ3n) is 2.22. The lowest BCUT2D eigenvalue weighted by Crippen LogP contribution is -2.30. The largest absolute Gasteiger partial charge is 0.469 e. The molecule has 1 heterocycles. The van der Waals surface area contributed by atoms with Crippen molar-refractivity contribution in [2.24, 2.45) is 11.8 Å². The predicted molar refractivity (Wildman–Crippen MR) is 51.1 cm³/mol. The molecule has 2 atom stereocenters. The SMILES string of the molecule is COC(=O)[C@H]1CNC[C@H]1C(=O)OC.Cl. The molecule has 1 rings (SSSR count). The van der Waals surface area contributed by atoms with E-state index in [1.54, 1.807) is 0 Å². The van der Waals surface area contributed by atoms with Crippen LogP contribution in [-0.4, -0.2) is 39.2 Å². The van der Waals surface area contributed by atoms with Gasteiger partial charge in [-0.25, -0.2) is 0 Å². The van der Waals surface area contributed by atoms with Crippen molar-refractivity contribution in [3.05, 3.63) is 0 Å². The first-order valence-electron chi connectivity index (χ1n) is 4.07. The van der Waals surface area contributed by atoms with E-state index in [1.807, 2.05) is 0 Å². The van der Waals surface area contributed by atoms with Gasteiger partial charge in [-0.2, -0.15) is 0 Å². The highest BCUT2D eigenvalue weighted by Gasteiger charge is 2.39. The van der Waals surface area contributed by atoms with Gasteiger partial charge in [-0.15, -0.1) is 12.4 Å². The Labute approximate surface area is 88.5 Å². The Morgan fingerprint density at radius 3 is 1.71 bits per heavy atom. The van der Waals surface area contributed by atoms with Crippen LogP contribution < -0.4 is 5.32 Å². The van der Waals surface area contributed by atoms with Gasteiger partial charge in [-0.3, -0.25) is 9.59 Å². The molecule has 5 nitrogen and oxygen atoms in total. The van der Waals surface area contributed by atoms with Crippen molar-refractivity contribution >= 4 is 24.3 Å². The van der Waals surface area contributed by atoms with E-state index < -0.39 is 11.8 Å². The minimum atomic E-state index is -0.405. The van der Waals surface area contributed by atoms with Crippen molar-refractivity contribution in [2.75, 3.05) is 27.3 Å². The molecule has 1 aliphatic heterocycles. The highest BCUT2D eigenvalue weighted by atomic mass is 35.5. The minimum Gasteiger partial charge on any atom is -0.469 e. The smallest absolute Gasteiger partial charge is 0.310 e. The van der Waals surface area contributed by atoms with Crippen LogP contribution in [0.25, 0.3) is 0 Å². The van der Waals surface area contributed by atoms with Crippen molar-refractivity contribution in [1.29, 1.82) is 0 Å². The number of hydrogen-bond acceptors (Lipinski definition) is 5. The van der Waals surface area contributed by atoms with E-state index in [-0.39, 0.29) is 24.3 Å². The van der Waals surface area contributed by atoms with Crippen molar-refractivity contribution < 1.29 is 19.1 Å². The zero-order chi connectivity index (χ0) is 9.84. The number of carbonyl (C=O) groups is 2. The van der Waals surface area contributed by atoms with Gasteiger partial charge in [-0.05, 0) is 0 Å². The zero-order valence-corrected chi connectivity index (χ0v) is 8.93. The summed E-state index contributed by atoms with van der Waals surface area (Å²) in [4.78, 5) is 22.3. The number of esters is 2. The van der Waals surface area contributed by atoms with E-state index in [1.165, 1.54) is 14.2 Å². The molecule has 0 saturated carbocycles. The number of nitrogens with one attached hydrogen (secondary N) is 1. The van der Waals surface area contributed by atoms with Gasteiger partial charge in [0.1, 0.15) is 0 Å². The van der Waals surface area contributed by atoms with Gasteiger partial charge in [0.25, 0.3) is 0 Å². The van der Waals surface area contributed by atoms with Crippen LogP contribution in [0.5, 0.6) is 0 Å². The molecule has 0 bridgehead atoms. The second-order valence-corrected chi connectivity index (χ2v) is 2.92. The van der Waals surface area contributed by atoms with E-state index in [0.717, 1.165) is 0 Å². The van der Waals surface area contributed by atoms with Crippen LogP contribution in [0.15, 0.2) is 0 Å². The van der Waals surface area contributed by atoms with Crippen LogP contribution in [0.1, 0.15) is 0 Å². The van der Waals surface area contributed by atoms with Crippen LogP contribution in [0.3, 0.4) is 0 Å². The summed E-state index contributed by atoms with van der Waals surface area (Å²) in [6, 6.07) is 0. The van der Waals surface area contributed by atoms with Gasteiger partial charge in [0.2, 0.25) is 0 Å². The Kier molecular flexibility index (Phi) is 5.49. The van der Waals surface area contributed by atoms with Crippen LogP contribution >= 0.6 is 12.4 Å². The molecule has 0 aromatic rings. The number of carbonyl (C=O) groups excluding carboxylic acids is 2. The molecule has 1 aliphatic rings. The van der Waals surface area contributed by atoms with Gasteiger partial charge >= 0.3 is 11.9 Å². The molecule has 1 N–H and O–H groups in total. The zero-order valence-electron chi connectivity index (χ0n) is 8.11. The number of methoxy groups -OCH3 is 2. The summed E-state index contributed by atoms with van der Waals surface area (Å²) in [5.41, 5.74) is 0. The fourth-order valence-corrected chi connectivity index (χ4v) is 1.48. The monoisotopic (exact) mass is 223 g/mol.